The third-order valence-electron chi connectivity index (χ3n) is 5.97. The quantitative estimate of drug-likeness (QED) is 0.214. The first-order valence-corrected chi connectivity index (χ1v) is 12.3. The number of carbonyl (C=O) groups excluding carboxylic acids is 1. The highest BCUT2D eigenvalue weighted by molar-refractivity contribution is 7.89. The van der Waals surface area contributed by atoms with Gasteiger partial charge >= 0.3 is 5.97 Å². The van der Waals surface area contributed by atoms with Gasteiger partial charge < -0.3 is 4.74 Å². The average Bonchev–Trinajstić information content (AvgIpc) is 2.80. The molecular formula is C24H23N3O6S. The lowest BCUT2D eigenvalue weighted by molar-refractivity contribution is -0.384. The molecule has 4 rings (SSSR count). The normalized spacial score (nSPS) is 14.7. The number of sulfonamides is 1. The maximum Gasteiger partial charge on any atom is 0.321 e. The molecule has 0 bridgehead atoms. The van der Waals surface area contributed by atoms with Gasteiger partial charge in [-0.1, -0.05) is 24.6 Å². The van der Waals surface area contributed by atoms with Gasteiger partial charge in [-0.05, 0) is 54.8 Å². The summed E-state index contributed by atoms with van der Waals surface area (Å²) in [6, 6.07) is 17.0. The Morgan fingerprint density at radius 3 is 2.32 bits per heavy atom. The van der Waals surface area contributed by atoms with Gasteiger partial charge in [-0.25, -0.2) is 13.1 Å². The van der Waals surface area contributed by atoms with Crippen LogP contribution in [0.1, 0.15) is 30.5 Å². The Morgan fingerprint density at radius 2 is 1.76 bits per heavy atom. The van der Waals surface area contributed by atoms with Crippen LogP contribution in [0.15, 0.2) is 77.8 Å². The van der Waals surface area contributed by atoms with Crippen LogP contribution in [0.25, 0.3) is 0 Å². The van der Waals surface area contributed by atoms with Gasteiger partial charge in [-0.2, -0.15) is 0 Å². The van der Waals surface area contributed by atoms with E-state index in [1.165, 1.54) is 36.4 Å². The summed E-state index contributed by atoms with van der Waals surface area (Å²) in [5, 5.41) is 10.9. The number of rotatable bonds is 9. The maximum absolute atomic E-state index is 13.0. The van der Waals surface area contributed by atoms with Crippen molar-refractivity contribution in [1.82, 2.24) is 9.71 Å². The number of hydrogen-bond donors (Lipinski definition) is 1. The molecule has 9 nitrogen and oxygen atoms in total. The van der Waals surface area contributed by atoms with Crippen molar-refractivity contribution in [3.63, 3.8) is 0 Å². The van der Waals surface area contributed by atoms with Crippen molar-refractivity contribution in [1.29, 1.82) is 0 Å². The van der Waals surface area contributed by atoms with Crippen molar-refractivity contribution in [2.75, 3.05) is 6.54 Å². The Balaban J connectivity index is 1.40. The molecule has 0 spiro atoms. The number of hydrogen-bond acceptors (Lipinski definition) is 7. The third-order valence-corrected chi connectivity index (χ3v) is 7.45. The molecule has 1 aromatic heterocycles. The predicted octanol–water partition coefficient (Wildman–Crippen LogP) is 3.54. The van der Waals surface area contributed by atoms with Crippen LogP contribution in [0.3, 0.4) is 0 Å². The Hall–Kier alpha value is -3.63. The molecule has 1 aliphatic carbocycles. The fraction of sp³-hybridized carbons (Fsp3) is 0.250. The molecule has 2 aromatic carbocycles. The third kappa shape index (κ3) is 4.97. The molecule has 0 saturated heterocycles. The lowest BCUT2D eigenvalue weighted by Gasteiger charge is -2.39. The van der Waals surface area contributed by atoms with E-state index in [4.69, 9.17) is 4.74 Å². The van der Waals surface area contributed by atoms with Crippen LogP contribution >= 0.6 is 0 Å². The number of benzene rings is 2. The van der Waals surface area contributed by atoms with Crippen LogP contribution in [0.5, 0.6) is 5.75 Å². The number of carbonyl (C=O) groups is 1. The van der Waals surface area contributed by atoms with E-state index in [9.17, 15) is 23.3 Å². The molecule has 0 amide bonds. The van der Waals surface area contributed by atoms with E-state index in [-0.39, 0.29) is 22.9 Å². The summed E-state index contributed by atoms with van der Waals surface area (Å²) in [5.41, 5.74) is 0.556. The standard InChI is InChI=1S/C24H23N3O6S/c28-23(24(14-3-15-24)18-5-7-20(8-6-18)27(29)30)33-21-9-11-22(12-10-21)34(31,32)26-17-13-19-4-1-2-16-25-19/h1-2,4-12,16,26H,3,13-15,17H2. The fourth-order valence-corrected chi connectivity index (χ4v) is 4.91. The Labute approximate surface area is 197 Å². The first-order valence-electron chi connectivity index (χ1n) is 10.8. The number of nitro benzene ring substituents is 1. The molecule has 3 aromatic rings. The summed E-state index contributed by atoms with van der Waals surface area (Å²) in [4.78, 5) is 27.6. The highest BCUT2D eigenvalue weighted by atomic mass is 32.2. The second-order valence-corrected chi connectivity index (χ2v) is 9.84. The number of pyridine rings is 1. The molecule has 10 heteroatoms. The number of ether oxygens (including phenoxy) is 1. The Kier molecular flexibility index (Phi) is 6.71. The van der Waals surface area contributed by atoms with E-state index in [1.54, 1.807) is 24.4 Å². The van der Waals surface area contributed by atoms with Crippen molar-refractivity contribution in [3.8, 4) is 5.75 Å². The lowest BCUT2D eigenvalue weighted by atomic mass is 9.64. The largest absolute Gasteiger partial charge is 0.426 e. The number of nitrogens with one attached hydrogen (secondary N) is 1. The van der Waals surface area contributed by atoms with Crippen LogP contribution in [-0.4, -0.2) is 30.8 Å². The maximum atomic E-state index is 13.0. The van der Waals surface area contributed by atoms with Gasteiger partial charge in [0.05, 0.1) is 15.2 Å². The zero-order valence-electron chi connectivity index (χ0n) is 18.2. The minimum Gasteiger partial charge on any atom is -0.426 e. The number of nitrogens with zero attached hydrogens (tertiary/aromatic N) is 2. The second-order valence-electron chi connectivity index (χ2n) is 8.07. The fourth-order valence-electron chi connectivity index (χ4n) is 3.88. The van der Waals surface area contributed by atoms with Crippen LogP contribution in [0.2, 0.25) is 0 Å². The van der Waals surface area contributed by atoms with Gasteiger partial charge in [-0.15, -0.1) is 0 Å². The van der Waals surface area contributed by atoms with E-state index in [0.29, 0.717) is 24.8 Å². The van der Waals surface area contributed by atoms with Crippen LogP contribution in [-0.2, 0) is 26.7 Å². The molecule has 1 fully saturated rings. The number of esters is 1. The van der Waals surface area contributed by atoms with Gasteiger partial charge in [0.2, 0.25) is 10.0 Å². The second kappa shape index (κ2) is 9.70. The number of aromatic nitrogens is 1. The van der Waals surface area contributed by atoms with Gasteiger partial charge in [0.25, 0.3) is 5.69 Å². The summed E-state index contributed by atoms with van der Waals surface area (Å²) >= 11 is 0. The van der Waals surface area contributed by atoms with E-state index < -0.39 is 26.3 Å². The van der Waals surface area contributed by atoms with Crippen LogP contribution in [0, 0.1) is 10.1 Å². The monoisotopic (exact) mass is 481 g/mol. The molecule has 0 atom stereocenters. The molecule has 176 valence electrons. The van der Waals surface area contributed by atoms with Gasteiger partial charge in [0.1, 0.15) is 5.75 Å². The smallest absolute Gasteiger partial charge is 0.321 e. The Bertz CT molecular complexity index is 1270. The SMILES string of the molecule is O=C(Oc1ccc(S(=O)(=O)NCCc2ccccn2)cc1)C1(c2ccc([N+](=O)[O-])cc2)CCC1. The summed E-state index contributed by atoms with van der Waals surface area (Å²) < 4.78 is 33.2. The lowest BCUT2D eigenvalue weighted by Crippen LogP contribution is -2.45. The van der Waals surface area contributed by atoms with E-state index in [2.05, 4.69) is 9.71 Å². The zero-order chi connectivity index (χ0) is 24.2. The summed E-state index contributed by atoms with van der Waals surface area (Å²) in [6.45, 7) is 0.202. The summed E-state index contributed by atoms with van der Waals surface area (Å²) in [6.07, 6.45) is 4.11. The van der Waals surface area contributed by atoms with E-state index in [1.807, 2.05) is 12.1 Å². The van der Waals surface area contributed by atoms with Gasteiger partial charge in [-0.3, -0.25) is 19.9 Å². The topological polar surface area (TPSA) is 128 Å². The molecule has 0 radical (unpaired) electrons. The predicted molar refractivity (Wildman–Crippen MR) is 124 cm³/mol. The van der Waals surface area contributed by atoms with Crippen molar-refractivity contribution >= 4 is 21.7 Å². The van der Waals surface area contributed by atoms with Crippen LogP contribution in [0.4, 0.5) is 5.69 Å². The summed E-state index contributed by atoms with van der Waals surface area (Å²) in [5.74, 6) is -0.234. The first kappa shape index (κ1) is 23.5. The highest BCUT2D eigenvalue weighted by Gasteiger charge is 2.47. The molecule has 0 unspecified atom stereocenters. The summed E-state index contributed by atoms with van der Waals surface area (Å²) in [7, 11) is -3.72. The Morgan fingerprint density at radius 1 is 1.06 bits per heavy atom. The van der Waals surface area contributed by atoms with Crippen molar-refractivity contribution < 1.29 is 22.9 Å². The van der Waals surface area contributed by atoms with E-state index in [0.717, 1.165) is 12.1 Å². The minimum atomic E-state index is -3.72. The van der Waals surface area contributed by atoms with Crippen molar-refractivity contribution in [2.24, 2.45) is 0 Å². The van der Waals surface area contributed by atoms with Gasteiger partial charge in [0.15, 0.2) is 0 Å². The highest BCUT2D eigenvalue weighted by Crippen LogP contribution is 2.45. The average molecular weight is 482 g/mol. The number of nitro groups is 1. The molecule has 1 saturated carbocycles. The number of non-ortho nitro benzene ring substituents is 1. The molecular weight excluding hydrogens is 458 g/mol. The van der Waals surface area contributed by atoms with E-state index >= 15 is 0 Å². The van der Waals surface area contributed by atoms with Gasteiger partial charge in [0, 0.05) is 37.0 Å². The molecule has 1 heterocycles. The zero-order valence-corrected chi connectivity index (χ0v) is 19.0. The molecule has 0 aliphatic heterocycles. The van der Waals surface area contributed by atoms with Crippen molar-refractivity contribution in [3.05, 3.63) is 94.3 Å². The van der Waals surface area contributed by atoms with Crippen molar-refractivity contribution in [2.45, 2.75) is 36.0 Å². The van der Waals surface area contributed by atoms with Crippen LogP contribution < -0.4 is 9.46 Å². The minimum absolute atomic E-state index is 0.0444. The molecule has 34 heavy (non-hydrogen) atoms. The molecule has 1 aliphatic rings. The first-order chi connectivity index (χ1) is 16.3. The molecule has 1 N–H and O–H groups in total.